The third kappa shape index (κ3) is 4.73. The quantitative estimate of drug-likeness (QED) is 0.457. The van der Waals surface area contributed by atoms with E-state index < -0.39 is 0 Å². The molecule has 4 aromatic rings. The second-order valence-electron chi connectivity index (χ2n) is 7.31. The number of hydrogen-bond donors (Lipinski definition) is 2. The fourth-order valence-electron chi connectivity index (χ4n) is 3.44. The van der Waals surface area contributed by atoms with Crippen molar-refractivity contribution in [3.8, 4) is 0 Å². The fraction of sp³-hybridized carbons (Fsp3) is 0.0769. The number of hydrogen-bond acceptors (Lipinski definition) is 2. The van der Waals surface area contributed by atoms with Crippen LogP contribution in [0, 0.1) is 0 Å². The number of benzene rings is 3. The first kappa shape index (κ1) is 20.2. The highest BCUT2D eigenvalue weighted by atomic mass is 16.2. The molecule has 2 amide bonds. The molecule has 0 saturated carbocycles. The van der Waals surface area contributed by atoms with Gasteiger partial charge in [0.1, 0.15) is 5.70 Å². The van der Waals surface area contributed by atoms with Crippen molar-refractivity contribution in [1.82, 2.24) is 15.2 Å². The molecule has 0 spiro atoms. The molecular weight excluding hydrogens is 386 g/mol. The fourth-order valence-corrected chi connectivity index (χ4v) is 3.44. The van der Waals surface area contributed by atoms with Gasteiger partial charge >= 0.3 is 0 Å². The number of H-pyrrole nitrogens is 1. The van der Waals surface area contributed by atoms with Gasteiger partial charge in [-0.1, -0.05) is 66.7 Å². The summed E-state index contributed by atoms with van der Waals surface area (Å²) in [6.07, 6.45) is 3.56. The number of aromatic amines is 1. The summed E-state index contributed by atoms with van der Waals surface area (Å²) >= 11 is 0. The number of amides is 2. The van der Waals surface area contributed by atoms with Gasteiger partial charge in [-0.15, -0.1) is 0 Å². The molecule has 0 aliphatic rings. The molecule has 0 aliphatic carbocycles. The monoisotopic (exact) mass is 409 g/mol. The lowest BCUT2D eigenvalue weighted by Gasteiger charge is -2.20. The standard InChI is InChI=1S/C26H23N3O2/c1-29(18-19-10-4-2-5-11-19)26(31)24(28-25(30)20-12-6-3-7-13-20)16-21-17-27-23-15-9-8-14-22(21)23/h2-17,27H,18H2,1H3,(H,28,30). The summed E-state index contributed by atoms with van der Waals surface area (Å²) in [4.78, 5) is 30.9. The maximum Gasteiger partial charge on any atom is 0.270 e. The Bertz CT molecular complexity index is 1230. The van der Waals surface area contributed by atoms with Crippen LogP contribution in [-0.2, 0) is 11.3 Å². The van der Waals surface area contributed by atoms with Crippen LogP contribution in [-0.4, -0.2) is 28.7 Å². The zero-order chi connectivity index (χ0) is 21.6. The van der Waals surface area contributed by atoms with Gasteiger partial charge < -0.3 is 15.2 Å². The molecule has 0 fully saturated rings. The van der Waals surface area contributed by atoms with E-state index in [1.165, 1.54) is 0 Å². The molecule has 154 valence electrons. The summed E-state index contributed by atoms with van der Waals surface area (Å²) in [5.41, 5.74) is 3.52. The molecule has 31 heavy (non-hydrogen) atoms. The topological polar surface area (TPSA) is 65.2 Å². The van der Waals surface area contributed by atoms with Gasteiger partial charge in [0.15, 0.2) is 0 Å². The third-order valence-corrected chi connectivity index (χ3v) is 5.04. The van der Waals surface area contributed by atoms with Gasteiger partial charge in [0, 0.05) is 41.8 Å². The minimum atomic E-state index is -0.326. The van der Waals surface area contributed by atoms with Crippen LogP contribution >= 0.6 is 0 Å². The zero-order valence-electron chi connectivity index (χ0n) is 17.2. The van der Waals surface area contributed by atoms with Crippen molar-refractivity contribution in [3.63, 3.8) is 0 Å². The number of nitrogens with zero attached hydrogens (tertiary/aromatic N) is 1. The highest BCUT2D eigenvalue weighted by Crippen LogP contribution is 2.21. The van der Waals surface area contributed by atoms with Crippen molar-refractivity contribution in [1.29, 1.82) is 0 Å². The second kappa shape index (κ2) is 9.13. The van der Waals surface area contributed by atoms with Gasteiger partial charge in [-0.2, -0.15) is 0 Å². The average Bonchev–Trinajstić information content (AvgIpc) is 3.22. The van der Waals surface area contributed by atoms with Crippen molar-refractivity contribution < 1.29 is 9.59 Å². The number of para-hydroxylation sites is 1. The Balaban J connectivity index is 1.66. The van der Waals surface area contributed by atoms with E-state index in [9.17, 15) is 9.59 Å². The van der Waals surface area contributed by atoms with E-state index in [1.807, 2.05) is 66.9 Å². The van der Waals surface area contributed by atoms with Crippen LogP contribution in [0.2, 0.25) is 0 Å². The van der Waals surface area contributed by atoms with Crippen molar-refractivity contribution >= 4 is 28.8 Å². The average molecular weight is 409 g/mol. The molecule has 0 radical (unpaired) electrons. The van der Waals surface area contributed by atoms with E-state index in [0.717, 1.165) is 22.0 Å². The van der Waals surface area contributed by atoms with Gasteiger partial charge in [0.2, 0.25) is 0 Å². The molecule has 5 heteroatoms. The first-order valence-corrected chi connectivity index (χ1v) is 10.1. The number of likely N-dealkylation sites (N-methyl/N-ethyl adjacent to an activating group) is 1. The summed E-state index contributed by atoms with van der Waals surface area (Å²) in [5.74, 6) is -0.591. The Labute approximate surface area is 181 Å². The highest BCUT2D eigenvalue weighted by Gasteiger charge is 2.19. The van der Waals surface area contributed by atoms with Crippen molar-refractivity contribution in [2.24, 2.45) is 0 Å². The number of carbonyl (C=O) groups is 2. The zero-order valence-corrected chi connectivity index (χ0v) is 17.2. The minimum Gasteiger partial charge on any atom is -0.361 e. The van der Waals surface area contributed by atoms with Gasteiger partial charge in [-0.05, 0) is 29.8 Å². The Morgan fingerprint density at radius 3 is 2.29 bits per heavy atom. The lowest BCUT2D eigenvalue weighted by Crippen LogP contribution is -2.35. The Morgan fingerprint density at radius 1 is 0.903 bits per heavy atom. The summed E-state index contributed by atoms with van der Waals surface area (Å²) in [6, 6.07) is 26.5. The van der Waals surface area contributed by atoms with Crippen LogP contribution in [0.3, 0.4) is 0 Å². The van der Waals surface area contributed by atoms with E-state index in [1.54, 1.807) is 42.3 Å². The molecular formula is C26H23N3O2. The van der Waals surface area contributed by atoms with E-state index >= 15 is 0 Å². The molecule has 2 N–H and O–H groups in total. The van der Waals surface area contributed by atoms with Crippen LogP contribution in [0.15, 0.2) is 96.8 Å². The van der Waals surface area contributed by atoms with Crippen molar-refractivity contribution in [2.45, 2.75) is 6.54 Å². The molecule has 1 aromatic heterocycles. The van der Waals surface area contributed by atoms with E-state index in [4.69, 9.17) is 0 Å². The Morgan fingerprint density at radius 2 is 1.55 bits per heavy atom. The third-order valence-electron chi connectivity index (χ3n) is 5.04. The molecule has 0 bridgehead atoms. The van der Waals surface area contributed by atoms with Crippen LogP contribution in [0.5, 0.6) is 0 Å². The lowest BCUT2D eigenvalue weighted by atomic mass is 10.1. The van der Waals surface area contributed by atoms with Crippen molar-refractivity contribution in [3.05, 3.63) is 114 Å². The largest absolute Gasteiger partial charge is 0.361 e. The summed E-state index contributed by atoms with van der Waals surface area (Å²) in [7, 11) is 1.73. The first-order chi connectivity index (χ1) is 15.1. The summed E-state index contributed by atoms with van der Waals surface area (Å²) < 4.78 is 0. The molecule has 0 unspecified atom stereocenters. The van der Waals surface area contributed by atoms with Crippen LogP contribution < -0.4 is 5.32 Å². The maximum absolute atomic E-state index is 13.3. The van der Waals surface area contributed by atoms with Crippen LogP contribution in [0.1, 0.15) is 21.5 Å². The Kier molecular flexibility index (Phi) is 5.94. The molecule has 0 aliphatic heterocycles. The van der Waals surface area contributed by atoms with E-state index in [0.29, 0.717) is 12.1 Å². The number of nitrogens with one attached hydrogen (secondary N) is 2. The smallest absolute Gasteiger partial charge is 0.270 e. The van der Waals surface area contributed by atoms with Gasteiger partial charge in [0.25, 0.3) is 11.8 Å². The van der Waals surface area contributed by atoms with Crippen LogP contribution in [0.4, 0.5) is 0 Å². The molecule has 5 nitrogen and oxygen atoms in total. The van der Waals surface area contributed by atoms with Gasteiger partial charge in [-0.3, -0.25) is 9.59 Å². The first-order valence-electron chi connectivity index (χ1n) is 10.1. The van der Waals surface area contributed by atoms with E-state index in [-0.39, 0.29) is 17.5 Å². The van der Waals surface area contributed by atoms with Gasteiger partial charge in [0.05, 0.1) is 0 Å². The SMILES string of the molecule is CN(Cc1ccccc1)C(=O)C(=Cc1c[nH]c2ccccc12)NC(=O)c1ccccc1. The maximum atomic E-state index is 13.3. The number of fused-ring (bicyclic) bond motifs is 1. The Hall–Kier alpha value is -4.12. The normalized spacial score (nSPS) is 11.3. The predicted octanol–water partition coefficient (Wildman–Crippen LogP) is 4.60. The number of carbonyl (C=O) groups excluding carboxylic acids is 2. The highest BCUT2D eigenvalue weighted by molar-refractivity contribution is 6.06. The number of rotatable bonds is 6. The second-order valence-corrected chi connectivity index (χ2v) is 7.31. The van der Waals surface area contributed by atoms with Crippen molar-refractivity contribution in [2.75, 3.05) is 7.05 Å². The molecule has 4 rings (SSSR count). The summed E-state index contributed by atoms with van der Waals surface area (Å²) in [6.45, 7) is 0.437. The minimum absolute atomic E-state index is 0.219. The van der Waals surface area contributed by atoms with Gasteiger partial charge in [-0.25, -0.2) is 0 Å². The number of aromatic nitrogens is 1. The lowest BCUT2D eigenvalue weighted by molar-refractivity contribution is -0.126. The molecule has 0 saturated heterocycles. The summed E-state index contributed by atoms with van der Waals surface area (Å²) in [5, 5.41) is 3.80. The molecule has 0 atom stereocenters. The molecule has 3 aromatic carbocycles. The van der Waals surface area contributed by atoms with E-state index in [2.05, 4.69) is 10.3 Å². The predicted molar refractivity (Wildman–Crippen MR) is 123 cm³/mol. The van der Waals surface area contributed by atoms with Crippen LogP contribution in [0.25, 0.3) is 17.0 Å². The molecule has 1 heterocycles.